The molecule has 8 nitrogen and oxygen atoms in total. The summed E-state index contributed by atoms with van der Waals surface area (Å²) in [6.07, 6.45) is 1.28. The number of anilines is 1. The van der Waals surface area contributed by atoms with Crippen LogP contribution in [0, 0.1) is 0 Å². The van der Waals surface area contributed by atoms with Gasteiger partial charge in [-0.1, -0.05) is 18.2 Å². The molecule has 0 saturated carbocycles. The number of carbonyl (C=O) groups is 2. The molecule has 1 atom stereocenters. The lowest BCUT2D eigenvalue weighted by Crippen LogP contribution is -2.30. The minimum Gasteiger partial charge on any atom is -0.496 e. The third-order valence-electron chi connectivity index (χ3n) is 5.29. The highest BCUT2D eigenvalue weighted by Crippen LogP contribution is 2.22. The fourth-order valence-corrected chi connectivity index (χ4v) is 5.00. The summed E-state index contributed by atoms with van der Waals surface area (Å²) in [4.78, 5) is 24.7. The van der Waals surface area contributed by atoms with Crippen LogP contribution in [0.1, 0.15) is 31.7 Å². The molecule has 0 spiro atoms. The van der Waals surface area contributed by atoms with Gasteiger partial charge in [0.2, 0.25) is 10.0 Å². The van der Waals surface area contributed by atoms with Crippen LogP contribution in [0.3, 0.4) is 0 Å². The van der Waals surface area contributed by atoms with Crippen LogP contribution in [0.4, 0.5) is 5.69 Å². The Hall–Kier alpha value is -2.91. The number of nitrogens with zero attached hydrogens (tertiary/aromatic N) is 1. The van der Waals surface area contributed by atoms with Gasteiger partial charge >= 0.3 is 5.97 Å². The summed E-state index contributed by atoms with van der Waals surface area (Å²) in [5.41, 5.74) is 1.31. The molecule has 3 rings (SSSR count). The molecule has 0 aromatic heterocycles. The Morgan fingerprint density at radius 1 is 1.06 bits per heavy atom. The largest absolute Gasteiger partial charge is 0.496 e. The number of ether oxygens (including phenoxy) is 2. The van der Waals surface area contributed by atoms with Gasteiger partial charge in [0, 0.05) is 25.2 Å². The van der Waals surface area contributed by atoms with E-state index < -0.39 is 28.0 Å². The maximum atomic E-state index is 12.6. The van der Waals surface area contributed by atoms with E-state index in [0.29, 0.717) is 30.9 Å². The van der Waals surface area contributed by atoms with Crippen molar-refractivity contribution in [3.8, 4) is 5.75 Å². The molecular weight excluding hydrogens is 432 g/mol. The normalized spacial score (nSPS) is 15.2. The summed E-state index contributed by atoms with van der Waals surface area (Å²) < 4.78 is 37.1. The second-order valence-corrected chi connectivity index (χ2v) is 9.51. The number of carbonyl (C=O) groups excluding carboxylic acids is 2. The number of hydrogen-bond donors (Lipinski definition) is 1. The Labute approximate surface area is 188 Å². The average molecular weight is 461 g/mol. The Bertz CT molecular complexity index is 1050. The van der Waals surface area contributed by atoms with Crippen molar-refractivity contribution < 1.29 is 27.5 Å². The third-order valence-corrected chi connectivity index (χ3v) is 7.21. The van der Waals surface area contributed by atoms with Crippen LogP contribution in [0.15, 0.2) is 53.4 Å². The summed E-state index contributed by atoms with van der Waals surface area (Å²) in [6, 6.07) is 13.4. The van der Waals surface area contributed by atoms with Gasteiger partial charge in [-0.25, -0.2) is 8.42 Å². The van der Waals surface area contributed by atoms with E-state index in [1.165, 1.54) is 35.5 Å². The van der Waals surface area contributed by atoms with Gasteiger partial charge in [0.05, 0.1) is 12.0 Å². The van der Waals surface area contributed by atoms with E-state index in [1.54, 1.807) is 7.11 Å². The highest BCUT2D eigenvalue weighted by Gasteiger charge is 2.27. The highest BCUT2D eigenvalue weighted by atomic mass is 32.2. The number of nitrogens with one attached hydrogen (secondary N) is 1. The average Bonchev–Trinajstić information content (AvgIpc) is 3.34. The Kier molecular flexibility index (Phi) is 7.87. The predicted molar refractivity (Wildman–Crippen MR) is 120 cm³/mol. The fraction of sp³-hybridized carbons (Fsp3) is 0.391. The molecule has 0 aliphatic carbocycles. The van der Waals surface area contributed by atoms with Gasteiger partial charge in [0.1, 0.15) is 5.75 Å². The van der Waals surface area contributed by atoms with E-state index in [9.17, 15) is 18.0 Å². The molecule has 32 heavy (non-hydrogen) atoms. The molecule has 1 saturated heterocycles. The first-order chi connectivity index (χ1) is 15.3. The number of para-hydroxylation sites is 1. The lowest BCUT2D eigenvalue weighted by atomic mass is 10.1. The van der Waals surface area contributed by atoms with Crippen molar-refractivity contribution in [2.24, 2.45) is 0 Å². The molecule has 1 N–H and O–H groups in total. The minimum absolute atomic E-state index is 0.112. The van der Waals surface area contributed by atoms with Crippen LogP contribution < -0.4 is 10.1 Å². The lowest BCUT2D eigenvalue weighted by Gasteiger charge is -2.16. The van der Waals surface area contributed by atoms with Gasteiger partial charge < -0.3 is 14.8 Å². The number of sulfonamides is 1. The first-order valence-electron chi connectivity index (χ1n) is 10.5. The number of methoxy groups -OCH3 is 1. The topological polar surface area (TPSA) is 102 Å². The molecular formula is C23H28N2O6S. The quantitative estimate of drug-likeness (QED) is 0.577. The van der Waals surface area contributed by atoms with Gasteiger partial charge in [-0.05, 0) is 62.1 Å². The van der Waals surface area contributed by atoms with Crippen LogP contribution in [0.25, 0.3) is 0 Å². The first kappa shape index (κ1) is 23.7. The standard InChI is InChI=1S/C23H28N2O6S/c1-17(31-22(26)14-9-18-7-3-4-8-21(18)30-2)23(27)24-19-10-12-20(13-11-19)32(28,29)25-15-5-6-16-25/h3-4,7-8,10-13,17H,5-6,9,14-16H2,1-2H3,(H,24,27)/t17-/m1/s1. The number of aryl methyl sites for hydroxylation is 1. The molecule has 1 heterocycles. The van der Waals surface area contributed by atoms with Crippen molar-refractivity contribution in [3.63, 3.8) is 0 Å². The van der Waals surface area contributed by atoms with Crippen LogP contribution in [0.2, 0.25) is 0 Å². The van der Waals surface area contributed by atoms with Gasteiger partial charge in [0.15, 0.2) is 6.10 Å². The Morgan fingerprint density at radius 3 is 2.38 bits per heavy atom. The minimum atomic E-state index is -3.51. The van der Waals surface area contributed by atoms with Gasteiger partial charge in [-0.15, -0.1) is 0 Å². The number of hydrogen-bond acceptors (Lipinski definition) is 6. The number of amides is 1. The van der Waals surface area contributed by atoms with Crippen molar-refractivity contribution in [2.75, 3.05) is 25.5 Å². The van der Waals surface area contributed by atoms with E-state index in [-0.39, 0.29) is 11.3 Å². The zero-order chi connectivity index (χ0) is 23.1. The molecule has 0 unspecified atom stereocenters. The number of benzene rings is 2. The van der Waals surface area contributed by atoms with Crippen molar-refractivity contribution in [2.45, 2.75) is 43.6 Å². The van der Waals surface area contributed by atoms with Crippen LogP contribution in [0.5, 0.6) is 5.75 Å². The monoisotopic (exact) mass is 460 g/mol. The van der Waals surface area contributed by atoms with Gasteiger partial charge in [-0.3, -0.25) is 9.59 Å². The molecule has 172 valence electrons. The van der Waals surface area contributed by atoms with E-state index >= 15 is 0 Å². The number of esters is 1. The molecule has 9 heteroatoms. The molecule has 1 aliphatic rings. The summed E-state index contributed by atoms with van der Waals surface area (Å²) >= 11 is 0. The Morgan fingerprint density at radius 2 is 1.72 bits per heavy atom. The summed E-state index contributed by atoms with van der Waals surface area (Å²) in [7, 11) is -1.94. The highest BCUT2D eigenvalue weighted by molar-refractivity contribution is 7.89. The van der Waals surface area contributed by atoms with Crippen LogP contribution >= 0.6 is 0 Å². The van der Waals surface area contributed by atoms with Crippen molar-refractivity contribution >= 4 is 27.6 Å². The van der Waals surface area contributed by atoms with Crippen LogP contribution in [-0.4, -0.2) is 50.9 Å². The van der Waals surface area contributed by atoms with Crippen molar-refractivity contribution in [1.82, 2.24) is 4.31 Å². The summed E-state index contributed by atoms with van der Waals surface area (Å²) in [5.74, 6) is -0.294. The second-order valence-electron chi connectivity index (χ2n) is 7.57. The first-order valence-corrected chi connectivity index (χ1v) is 12.0. The molecule has 1 amide bonds. The zero-order valence-corrected chi connectivity index (χ0v) is 19.1. The molecule has 1 fully saturated rings. The Balaban J connectivity index is 1.51. The molecule has 2 aromatic rings. The van der Waals surface area contributed by atoms with Crippen molar-refractivity contribution in [3.05, 3.63) is 54.1 Å². The number of rotatable bonds is 9. The van der Waals surface area contributed by atoms with Crippen molar-refractivity contribution in [1.29, 1.82) is 0 Å². The lowest BCUT2D eigenvalue weighted by molar-refractivity contribution is -0.153. The summed E-state index contributed by atoms with van der Waals surface area (Å²) in [5, 5.41) is 2.64. The SMILES string of the molecule is COc1ccccc1CCC(=O)O[C@H](C)C(=O)Nc1ccc(S(=O)(=O)N2CCCC2)cc1. The second kappa shape index (κ2) is 10.6. The maximum absolute atomic E-state index is 12.6. The van der Waals surface area contributed by atoms with Crippen LogP contribution in [-0.2, 0) is 30.8 Å². The molecule has 0 radical (unpaired) electrons. The van der Waals surface area contributed by atoms with E-state index in [1.807, 2.05) is 24.3 Å². The summed E-state index contributed by atoms with van der Waals surface area (Å²) in [6.45, 7) is 2.55. The zero-order valence-electron chi connectivity index (χ0n) is 18.2. The van der Waals surface area contributed by atoms with E-state index in [2.05, 4.69) is 5.32 Å². The van der Waals surface area contributed by atoms with E-state index in [0.717, 1.165) is 18.4 Å². The smallest absolute Gasteiger partial charge is 0.306 e. The van der Waals surface area contributed by atoms with Gasteiger partial charge in [-0.2, -0.15) is 4.31 Å². The fourth-order valence-electron chi connectivity index (χ4n) is 3.49. The predicted octanol–water partition coefficient (Wildman–Crippen LogP) is 2.98. The van der Waals surface area contributed by atoms with Gasteiger partial charge in [0.25, 0.3) is 5.91 Å². The molecule has 2 aromatic carbocycles. The van der Waals surface area contributed by atoms with E-state index in [4.69, 9.17) is 9.47 Å². The third kappa shape index (κ3) is 5.86. The molecule has 1 aliphatic heterocycles. The molecule has 0 bridgehead atoms. The maximum Gasteiger partial charge on any atom is 0.306 e.